The summed E-state index contributed by atoms with van der Waals surface area (Å²) in [5, 5.41) is 0.514. The summed E-state index contributed by atoms with van der Waals surface area (Å²) in [6.07, 6.45) is -8.94. The maximum Gasteiger partial charge on any atom is 0.451 e. The molecule has 17 nitrogen and oxygen atoms in total. The van der Waals surface area contributed by atoms with Crippen LogP contribution in [0, 0.1) is 83.1 Å². The molecule has 0 spiro atoms. The Morgan fingerprint density at radius 2 is 0.723 bits per heavy atom. The van der Waals surface area contributed by atoms with E-state index < -0.39 is 30.5 Å². The molecule has 6 rings (SSSR count). The van der Waals surface area contributed by atoms with Gasteiger partial charge in [0.2, 0.25) is 23.5 Å². The van der Waals surface area contributed by atoms with Crippen LogP contribution in [-0.2, 0) is 12.4 Å². The minimum atomic E-state index is -4.49. The molecule has 0 N–H and O–H groups in total. The zero-order valence-electron chi connectivity index (χ0n) is 37.8. The molecule has 0 aliphatic carbocycles. The van der Waals surface area contributed by atoms with Crippen LogP contribution in [-0.4, -0.2) is 90.6 Å². The fourth-order valence-electron chi connectivity index (χ4n) is 4.60. The third-order valence-corrected chi connectivity index (χ3v) is 6.83. The van der Waals surface area contributed by atoms with E-state index in [0.717, 1.165) is 46.6 Å². The third-order valence-electron chi connectivity index (χ3n) is 6.64. The van der Waals surface area contributed by atoms with Crippen molar-refractivity contribution in [1.82, 2.24) is 69.8 Å². The molecule has 0 aliphatic heterocycles. The lowest BCUT2D eigenvalue weighted by Gasteiger charge is -2.07. The number of nitrogens with zero attached hydrogens (tertiary/aromatic N) is 14. The Morgan fingerprint density at radius 1 is 0.400 bits per heavy atom. The highest BCUT2D eigenvalue weighted by Crippen LogP contribution is 2.29. The molecule has 0 saturated heterocycles. The summed E-state index contributed by atoms with van der Waals surface area (Å²) in [5.41, 5.74) is 1.46. The maximum absolute atomic E-state index is 12.1. The van der Waals surface area contributed by atoms with E-state index in [4.69, 9.17) is 16.3 Å². The highest BCUT2D eigenvalue weighted by Gasteiger charge is 2.35. The molecule has 0 fully saturated rings. The molecule has 0 saturated carbocycles. The normalized spacial score (nSPS) is 10.5. The molecule has 0 amide bonds. The fraction of sp³-hybridized carbons (Fsp3) is 0.436. The van der Waals surface area contributed by atoms with Crippen LogP contribution in [0.3, 0.4) is 0 Å². The highest BCUT2D eigenvalue weighted by atomic mass is 35.5. The second-order valence-electron chi connectivity index (χ2n) is 12.8. The summed E-state index contributed by atoms with van der Waals surface area (Å²) in [7, 11) is 2.85. The maximum atomic E-state index is 12.1. The van der Waals surface area contributed by atoms with Gasteiger partial charge in [-0.25, -0.2) is 54.8 Å². The number of hydrogen-bond acceptors (Lipinski definition) is 17. The monoisotopic (exact) mass is 946 g/mol. The van der Waals surface area contributed by atoms with Crippen LogP contribution in [0.1, 0.15) is 81.0 Å². The highest BCUT2D eigenvalue weighted by molar-refractivity contribution is 6.29. The first-order chi connectivity index (χ1) is 30.0. The van der Waals surface area contributed by atoms with Crippen molar-refractivity contribution in [2.45, 2.75) is 102 Å². The molecule has 26 heteroatoms. The average Bonchev–Trinajstić information content (AvgIpc) is 3.12. The summed E-state index contributed by atoms with van der Waals surface area (Å²) in [4.78, 5) is 52.5. The van der Waals surface area contributed by atoms with Crippen molar-refractivity contribution in [3.63, 3.8) is 0 Å². The summed E-state index contributed by atoms with van der Waals surface area (Å²) >= 11 is 5.60. The Bertz CT molecular complexity index is 2220. The van der Waals surface area contributed by atoms with Gasteiger partial charge < -0.3 is 14.2 Å². The molecular weight excluding hydrogens is 900 g/mol. The number of halogens is 9. The molecule has 6 aromatic rings. The number of ether oxygens (including phenoxy) is 3. The SMILES string of the molecule is COc1cc(C(F)(F)F)nc(C)n1.COc1cc(C)nc(C)n1.Cc1cc(Cl)nc(C)n1.Cc1cc(OC(F)F)nc(C)n1.Cc1nc(C)nc(C(F)(F)F)n1.Cc1nc(C)nc(C)n1. The van der Waals surface area contributed by atoms with Gasteiger partial charge in [-0.15, -0.1) is 0 Å². The topological polar surface area (TPSA) is 208 Å². The van der Waals surface area contributed by atoms with Crippen LogP contribution in [0.2, 0.25) is 5.15 Å². The van der Waals surface area contributed by atoms with Crippen LogP contribution in [0.5, 0.6) is 17.6 Å². The van der Waals surface area contributed by atoms with Crippen molar-refractivity contribution in [1.29, 1.82) is 0 Å². The Balaban J connectivity index is 0.000000392. The largest absolute Gasteiger partial charge is 0.481 e. The van der Waals surface area contributed by atoms with Crippen molar-refractivity contribution in [2.75, 3.05) is 14.2 Å². The second kappa shape index (κ2) is 26.3. The minimum Gasteiger partial charge on any atom is -0.481 e. The number of aryl methyl sites for hydroxylation is 12. The Labute approximate surface area is 374 Å². The zero-order chi connectivity index (χ0) is 49.8. The van der Waals surface area contributed by atoms with Gasteiger partial charge in [-0.2, -0.15) is 50.1 Å². The van der Waals surface area contributed by atoms with Gasteiger partial charge in [0.25, 0.3) is 0 Å². The van der Waals surface area contributed by atoms with Gasteiger partial charge in [0.1, 0.15) is 57.6 Å². The molecule has 0 bridgehead atoms. The van der Waals surface area contributed by atoms with Gasteiger partial charge in [0.15, 0.2) is 5.69 Å². The molecule has 354 valence electrons. The van der Waals surface area contributed by atoms with Crippen LogP contribution >= 0.6 is 11.6 Å². The minimum absolute atomic E-state index is 0.0340. The number of rotatable bonds is 4. The van der Waals surface area contributed by atoms with Crippen molar-refractivity contribution < 1.29 is 49.3 Å². The van der Waals surface area contributed by atoms with E-state index in [0.29, 0.717) is 22.6 Å². The summed E-state index contributed by atoms with van der Waals surface area (Å²) in [6.45, 7) is 17.7. The molecule has 0 aliphatic rings. The third kappa shape index (κ3) is 24.2. The first-order valence-corrected chi connectivity index (χ1v) is 18.9. The van der Waals surface area contributed by atoms with Crippen molar-refractivity contribution in [3.05, 3.63) is 110 Å². The Morgan fingerprint density at radius 3 is 1.06 bits per heavy atom. The van der Waals surface area contributed by atoms with Gasteiger partial charge in [0.05, 0.1) is 14.2 Å². The van der Waals surface area contributed by atoms with Crippen LogP contribution < -0.4 is 14.2 Å². The number of aromatic nitrogens is 14. The lowest BCUT2D eigenvalue weighted by molar-refractivity contribution is -0.145. The predicted molar refractivity (Wildman–Crippen MR) is 219 cm³/mol. The van der Waals surface area contributed by atoms with Gasteiger partial charge in [-0.1, -0.05) is 11.6 Å². The molecular formula is C39H47ClF8N14O3. The quantitative estimate of drug-likeness (QED) is 0.120. The summed E-state index contributed by atoms with van der Waals surface area (Å²) in [6, 6.07) is 5.65. The number of alkyl halides is 8. The van der Waals surface area contributed by atoms with E-state index >= 15 is 0 Å². The lowest BCUT2D eigenvalue weighted by atomic mass is 10.4. The second-order valence-corrected chi connectivity index (χ2v) is 13.2. The van der Waals surface area contributed by atoms with Gasteiger partial charge >= 0.3 is 19.0 Å². The van der Waals surface area contributed by atoms with Crippen LogP contribution in [0.25, 0.3) is 0 Å². The van der Waals surface area contributed by atoms with Gasteiger partial charge in [0, 0.05) is 35.3 Å². The van der Waals surface area contributed by atoms with E-state index in [1.807, 2.05) is 48.5 Å². The number of hydrogen-bond donors (Lipinski definition) is 0. The molecule has 6 aromatic heterocycles. The smallest absolute Gasteiger partial charge is 0.451 e. The van der Waals surface area contributed by atoms with Gasteiger partial charge in [-0.05, 0) is 89.2 Å². The molecule has 6 heterocycles. The standard InChI is InChI=1S/C7H7F3N2O.C7H8F2N2O.C7H10N2O.C6H7ClN2.C6H6F3N3.C6H9N3/c1-4-11-5(7(8,9)10)3-6(12-4)13-2;1-4-3-6(12-7(8)9)11-5(2)10-4;1-5-4-7(10-3)9-6(2)8-5;1-4-3-6(7)9-5(2)8-4;1-3-10-4(2)12-5(11-3)6(7,8)9;1-4-7-5(2)9-6(3)8-4/h3H,1-2H3;3,7H,1-2H3;4H,1-3H3;3H,1-2H3;1-2H3;1-3H3. The first kappa shape index (κ1) is 56.5. The van der Waals surface area contributed by atoms with Crippen molar-refractivity contribution >= 4 is 11.6 Å². The molecule has 65 heavy (non-hydrogen) atoms. The van der Waals surface area contributed by atoms with E-state index in [9.17, 15) is 35.1 Å². The van der Waals surface area contributed by atoms with E-state index in [2.05, 4.69) is 79.2 Å². The molecule has 0 atom stereocenters. The molecule has 0 radical (unpaired) electrons. The zero-order valence-corrected chi connectivity index (χ0v) is 38.5. The summed E-state index contributed by atoms with van der Waals surface area (Å²) in [5.74, 6) is 3.78. The van der Waals surface area contributed by atoms with Crippen LogP contribution in [0.15, 0.2) is 24.3 Å². The lowest BCUT2D eigenvalue weighted by Crippen LogP contribution is -2.13. The average molecular weight is 947 g/mol. The van der Waals surface area contributed by atoms with E-state index in [1.165, 1.54) is 33.9 Å². The molecule has 0 aromatic carbocycles. The predicted octanol–water partition coefficient (Wildman–Crippen LogP) is 8.66. The number of methoxy groups -OCH3 is 2. The van der Waals surface area contributed by atoms with E-state index in [-0.39, 0.29) is 29.2 Å². The van der Waals surface area contributed by atoms with Gasteiger partial charge in [-0.3, -0.25) is 0 Å². The Kier molecular flexibility index (Phi) is 22.9. The van der Waals surface area contributed by atoms with E-state index in [1.54, 1.807) is 33.1 Å². The first-order valence-electron chi connectivity index (χ1n) is 18.5. The fourth-order valence-corrected chi connectivity index (χ4v) is 4.88. The Hall–Kier alpha value is -6.53. The van der Waals surface area contributed by atoms with Crippen molar-refractivity contribution in [3.8, 4) is 17.6 Å². The molecule has 0 unspecified atom stereocenters. The van der Waals surface area contributed by atoms with Crippen LogP contribution in [0.4, 0.5) is 35.1 Å². The van der Waals surface area contributed by atoms with Crippen molar-refractivity contribution in [2.24, 2.45) is 0 Å². The summed E-state index contributed by atoms with van der Waals surface area (Å²) < 4.78 is 109.